The normalized spacial score (nSPS) is 10.5. The second-order valence-electron chi connectivity index (χ2n) is 6.23. The van der Waals surface area contributed by atoms with Crippen LogP contribution in [-0.4, -0.2) is 24.2 Å². The van der Waals surface area contributed by atoms with E-state index in [-0.39, 0.29) is 5.91 Å². The van der Waals surface area contributed by atoms with E-state index in [0.717, 1.165) is 11.1 Å². The highest BCUT2D eigenvalue weighted by molar-refractivity contribution is 6.32. The number of hydrogen-bond acceptors (Lipinski definition) is 3. The number of amides is 1. The number of carbonyl (C=O) groups excluding carboxylic acids is 1. The smallest absolute Gasteiger partial charge is 0.268 e. The van der Waals surface area contributed by atoms with E-state index >= 15 is 0 Å². The van der Waals surface area contributed by atoms with Crippen molar-refractivity contribution >= 4 is 17.5 Å². The zero-order valence-electron chi connectivity index (χ0n) is 15.9. The van der Waals surface area contributed by atoms with E-state index in [4.69, 9.17) is 21.1 Å². The maximum atomic E-state index is 12.7. The van der Waals surface area contributed by atoms with Crippen molar-refractivity contribution in [3.8, 4) is 11.5 Å². The fourth-order valence-electron chi connectivity index (χ4n) is 2.97. The fraction of sp³-hybridized carbons (Fsp3) is 0.227. The molecule has 0 radical (unpaired) electrons. The van der Waals surface area contributed by atoms with Crippen LogP contribution < -0.4 is 14.8 Å². The highest BCUT2D eigenvalue weighted by Gasteiger charge is 2.14. The minimum Gasteiger partial charge on any atom is -0.493 e. The summed E-state index contributed by atoms with van der Waals surface area (Å²) in [5.41, 5.74) is 2.57. The molecular weight excluding hydrogens is 376 g/mol. The van der Waals surface area contributed by atoms with Crippen molar-refractivity contribution in [2.45, 2.75) is 20.0 Å². The van der Waals surface area contributed by atoms with Gasteiger partial charge in [0.2, 0.25) is 0 Å². The summed E-state index contributed by atoms with van der Waals surface area (Å²) in [5, 5.41) is 3.40. The van der Waals surface area contributed by atoms with E-state index in [2.05, 4.69) is 5.32 Å². The Morgan fingerprint density at radius 1 is 1.11 bits per heavy atom. The monoisotopic (exact) mass is 398 g/mol. The average Bonchev–Trinajstić information content (AvgIpc) is 3.16. The molecule has 1 heterocycles. The lowest BCUT2D eigenvalue weighted by Gasteiger charge is -2.14. The number of methoxy groups -OCH3 is 1. The Balaban J connectivity index is 1.70. The molecular formula is C22H23ClN2O3. The number of ether oxygens (including phenoxy) is 2. The molecule has 0 saturated heterocycles. The van der Waals surface area contributed by atoms with E-state index < -0.39 is 0 Å². The van der Waals surface area contributed by atoms with Crippen LogP contribution in [0.25, 0.3) is 0 Å². The zero-order valence-corrected chi connectivity index (χ0v) is 16.7. The van der Waals surface area contributed by atoms with Crippen molar-refractivity contribution < 1.29 is 14.3 Å². The van der Waals surface area contributed by atoms with Crippen LogP contribution >= 0.6 is 11.6 Å². The summed E-state index contributed by atoms with van der Waals surface area (Å²) in [4.78, 5) is 12.7. The first-order valence-electron chi connectivity index (χ1n) is 9.08. The molecule has 0 bridgehead atoms. The molecule has 146 valence electrons. The lowest BCUT2D eigenvalue weighted by Crippen LogP contribution is -2.25. The Bertz CT molecular complexity index is 938. The van der Waals surface area contributed by atoms with Crippen molar-refractivity contribution in [1.29, 1.82) is 0 Å². The molecule has 1 N–H and O–H groups in total. The SMILES string of the molecule is CCOc1c(Cl)cc(CNC(=O)c2cccn2Cc2ccccc2)cc1OC. The summed E-state index contributed by atoms with van der Waals surface area (Å²) in [7, 11) is 1.56. The molecule has 28 heavy (non-hydrogen) atoms. The first kappa shape index (κ1) is 19.8. The van der Waals surface area contributed by atoms with Crippen molar-refractivity contribution in [2.24, 2.45) is 0 Å². The van der Waals surface area contributed by atoms with Crippen molar-refractivity contribution in [1.82, 2.24) is 9.88 Å². The standard InChI is InChI=1S/C22H23ClN2O3/c1-3-28-21-18(23)12-17(13-20(21)27-2)14-24-22(26)19-10-7-11-25(19)15-16-8-5-4-6-9-16/h4-13H,3,14-15H2,1-2H3,(H,24,26). The summed E-state index contributed by atoms with van der Waals surface area (Å²) >= 11 is 6.30. The minimum atomic E-state index is -0.148. The van der Waals surface area contributed by atoms with Gasteiger partial charge in [0.05, 0.1) is 18.7 Å². The van der Waals surface area contributed by atoms with E-state index in [1.807, 2.05) is 66.2 Å². The number of nitrogens with one attached hydrogen (secondary N) is 1. The molecule has 3 rings (SSSR count). The molecule has 0 spiro atoms. The van der Waals surface area contributed by atoms with E-state index in [1.54, 1.807) is 13.2 Å². The molecule has 1 aromatic heterocycles. The average molecular weight is 399 g/mol. The molecule has 0 aliphatic heterocycles. The number of carbonyl (C=O) groups is 1. The van der Waals surface area contributed by atoms with Crippen LogP contribution in [0.2, 0.25) is 5.02 Å². The first-order chi connectivity index (χ1) is 13.6. The van der Waals surface area contributed by atoms with Gasteiger partial charge in [0.1, 0.15) is 5.69 Å². The summed E-state index contributed by atoms with van der Waals surface area (Å²) < 4.78 is 12.8. The van der Waals surface area contributed by atoms with Crippen LogP contribution in [0, 0.1) is 0 Å². The van der Waals surface area contributed by atoms with Gasteiger partial charge >= 0.3 is 0 Å². The predicted octanol–water partition coefficient (Wildman–Crippen LogP) is 4.53. The Hall–Kier alpha value is -2.92. The lowest BCUT2D eigenvalue weighted by atomic mass is 10.2. The first-order valence-corrected chi connectivity index (χ1v) is 9.46. The van der Waals surface area contributed by atoms with Crippen LogP contribution in [0.15, 0.2) is 60.8 Å². The van der Waals surface area contributed by atoms with Crippen molar-refractivity contribution in [3.05, 3.63) is 82.6 Å². The highest BCUT2D eigenvalue weighted by atomic mass is 35.5. The van der Waals surface area contributed by atoms with Gasteiger partial charge in [-0.05, 0) is 42.3 Å². The minimum absolute atomic E-state index is 0.148. The lowest BCUT2D eigenvalue weighted by molar-refractivity contribution is 0.0942. The Labute approximate surface area is 169 Å². The fourth-order valence-corrected chi connectivity index (χ4v) is 3.26. The summed E-state index contributed by atoms with van der Waals surface area (Å²) in [6, 6.07) is 17.3. The molecule has 2 aromatic carbocycles. The van der Waals surface area contributed by atoms with Gasteiger partial charge in [0.25, 0.3) is 5.91 Å². The number of rotatable bonds is 8. The van der Waals surface area contributed by atoms with Crippen LogP contribution in [0.4, 0.5) is 0 Å². The molecule has 0 atom stereocenters. The third kappa shape index (κ3) is 4.67. The Kier molecular flexibility index (Phi) is 6.61. The Morgan fingerprint density at radius 2 is 1.89 bits per heavy atom. The molecule has 1 amide bonds. The number of hydrogen-bond donors (Lipinski definition) is 1. The zero-order chi connectivity index (χ0) is 19.9. The molecule has 5 nitrogen and oxygen atoms in total. The van der Waals surface area contributed by atoms with E-state index in [9.17, 15) is 4.79 Å². The summed E-state index contributed by atoms with van der Waals surface area (Å²) in [5.74, 6) is 0.912. The molecule has 0 fully saturated rings. The Morgan fingerprint density at radius 3 is 2.61 bits per heavy atom. The van der Waals surface area contributed by atoms with Crippen molar-refractivity contribution in [2.75, 3.05) is 13.7 Å². The van der Waals surface area contributed by atoms with Crippen LogP contribution in [0.3, 0.4) is 0 Å². The summed E-state index contributed by atoms with van der Waals surface area (Å²) in [6.07, 6.45) is 1.90. The van der Waals surface area contributed by atoms with Crippen LogP contribution in [-0.2, 0) is 13.1 Å². The quantitative estimate of drug-likeness (QED) is 0.606. The molecule has 3 aromatic rings. The second-order valence-corrected chi connectivity index (χ2v) is 6.64. The van der Waals surface area contributed by atoms with Gasteiger partial charge in [-0.1, -0.05) is 41.9 Å². The van der Waals surface area contributed by atoms with Gasteiger partial charge in [-0.25, -0.2) is 0 Å². The largest absolute Gasteiger partial charge is 0.493 e. The molecule has 6 heteroatoms. The third-order valence-electron chi connectivity index (χ3n) is 4.29. The number of benzene rings is 2. The molecule has 0 unspecified atom stereocenters. The number of halogens is 1. The van der Waals surface area contributed by atoms with Gasteiger partial charge in [-0.3, -0.25) is 4.79 Å². The van der Waals surface area contributed by atoms with Gasteiger partial charge in [0.15, 0.2) is 11.5 Å². The van der Waals surface area contributed by atoms with Crippen LogP contribution in [0.5, 0.6) is 11.5 Å². The third-order valence-corrected chi connectivity index (χ3v) is 4.57. The van der Waals surface area contributed by atoms with Gasteiger partial charge in [-0.15, -0.1) is 0 Å². The van der Waals surface area contributed by atoms with Crippen LogP contribution in [0.1, 0.15) is 28.5 Å². The number of nitrogens with zero attached hydrogens (tertiary/aromatic N) is 1. The molecule has 0 aliphatic carbocycles. The van der Waals surface area contributed by atoms with Crippen molar-refractivity contribution in [3.63, 3.8) is 0 Å². The summed E-state index contributed by atoms with van der Waals surface area (Å²) in [6.45, 7) is 3.34. The van der Waals surface area contributed by atoms with Gasteiger partial charge in [0, 0.05) is 19.3 Å². The maximum absolute atomic E-state index is 12.7. The highest BCUT2D eigenvalue weighted by Crippen LogP contribution is 2.36. The van der Waals surface area contributed by atoms with Gasteiger partial charge in [-0.2, -0.15) is 0 Å². The van der Waals surface area contributed by atoms with Gasteiger partial charge < -0.3 is 19.4 Å². The number of aromatic nitrogens is 1. The maximum Gasteiger partial charge on any atom is 0.268 e. The second kappa shape index (κ2) is 9.33. The van der Waals surface area contributed by atoms with E-state index in [0.29, 0.717) is 41.9 Å². The molecule has 0 aliphatic rings. The predicted molar refractivity (Wildman–Crippen MR) is 110 cm³/mol. The van der Waals surface area contributed by atoms with E-state index in [1.165, 1.54) is 0 Å². The topological polar surface area (TPSA) is 52.5 Å². The molecule has 0 saturated carbocycles.